The van der Waals surface area contributed by atoms with Crippen molar-refractivity contribution in [1.29, 1.82) is 0 Å². The fourth-order valence-corrected chi connectivity index (χ4v) is 4.50. The van der Waals surface area contributed by atoms with E-state index in [4.69, 9.17) is 4.74 Å². The minimum absolute atomic E-state index is 0.372. The summed E-state index contributed by atoms with van der Waals surface area (Å²) >= 11 is 0. The molecule has 0 amide bonds. The molecule has 104 valence electrons. The second-order valence-corrected chi connectivity index (χ2v) is 6.64. The molecule has 4 nitrogen and oxygen atoms in total. The Morgan fingerprint density at radius 2 is 1.84 bits per heavy atom. The molecular formula is C14H19NO3S. The van der Waals surface area contributed by atoms with E-state index in [0.29, 0.717) is 34.0 Å². The summed E-state index contributed by atoms with van der Waals surface area (Å²) in [5, 5.41) is 0. The lowest BCUT2D eigenvalue weighted by Gasteiger charge is -2.22. The number of hydrogen-bond acceptors (Lipinski definition) is 3. The Balaban J connectivity index is 2.55. The van der Waals surface area contributed by atoms with Crippen LogP contribution in [0.1, 0.15) is 24.0 Å². The Kier molecular flexibility index (Phi) is 3.58. The number of methoxy groups -OCH3 is 1. The summed E-state index contributed by atoms with van der Waals surface area (Å²) in [6, 6.07) is 3.50. The number of hydrogen-bond donors (Lipinski definition) is 0. The Morgan fingerprint density at radius 3 is 2.26 bits per heavy atom. The Morgan fingerprint density at radius 1 is 1.26 bits per heavy atom. The molecule has 1 aromatic rings. The van der Waals surface area contributed by atoms with Crippen molar-refractivity contribution in [1.82, 2.24) is 4.31 Å². The van der Waals surface area contributed by atoms with Crippen LogP contribution in [0.15, 0.2) is 29.3 Å². The highest BCUT2D eigenvalue weighted by atomic mass is 32.2. The maximum Gasteiger partial charge on any atom is 0.264 e. The number of benzene rings is 1. The third-order valence-electron chi connectivity index (χ3n) is 3.40. The van der Waals surface area contributed by atoms with Gasteiger partial charge in [0, 0.05) is 12.2 Å². The molecule has 1 aliphatic heterocycles. The predicted molar refractivity (Wildman–Crippen MR) is 74.7 cm³/mol. The summed E-state index contributed by atoms with van der Waals surface area (Å²) < 4.78 is 32.0. The zero-order valence-electron chi connectivity index (χ0n) is 11.6. The Bertz CT molecular complexity index is 597. The Labute approximate surface area is 114 Å². The number of aryl methyl sites for hydroxylation is 2. The van der Waals surface area contributed by atoms with E-state index in [9.17, 15) is 8.42 Å². The molecule has 1 aliphatic rings. The first-order chi connectivity index (χ1) is 8.87. The Hall–Kier alpha value is -1.49. The predicted octanol–water partition coefficient (Wildman–Crippen LogP) is 2.61. The smallest absolute Gasteiger partial charge is 0.264 e. The molecule has 0 aromatic heterocycles. The van der Waals surface area contributed by atoms with Crippen LogP contribution in [0.4, 0.5) is 0 Å². The van der Waals surface area contributed by atoms with Crippen molar-refractivity contribution in [3.8, 4) is 5.75 Å². The fourth-order valence-electron chi connectivity index (χ4n) is 2.55. The molecule has 0 atom stereocenters. The van der Waals surface area contributed by atoms with Crippen LogP contribution in [-0.2, 0) is 10.0 Å². The van der Waals surface area contributed by atoms with Crippen molar-refractivity contribution in [3.63, 3.8) is 0 Å². The largest absolute Gasteiger partial charge is 0.497 e. The third-order valence-corrected chi connectivity index (χ3v) is 5.58. The van der Waals surface area contributed by atoms with E-state index >= 15 is 0 Å². The molecule has 1 fully saturated rings. The van der Waals surface area contributed by atoms with Crippen molar-refractivity contribution in [3.05, 3.63) is 35.5 Å². The van der Waals surface area contributed by atoms with E-state index < -0.39 is 10.0 Å². The number of sulfonamides is 1. The van der Waals surface area contributed by atoms with Gasteiger partial charge >= 0.3 is 0 Å². The number of allylic oxidation sites excluding steroid dienone is 1. The molecule has 0 bridgehead atoms. The van der Waals surface area contributed by atoms with Crippen molar-refractivity contribution in [2.75, 3.05) is 13.7 Å². The van der Waals surface area contributed by atoms with Gasteiger partial charge in [-0.25, -0.2) is 8.42 Å². The minimum Gasteiger partial charge on any atom is -0.497 e. The number of rotatable bonds is 3. The lowest BCUT2D eigenvalue weighted by atomic mass is 10.1. The maximum absolute atomic E-state index is 12.7. The monoisotopic (exact) mass is 281 g/mol. The molecular weight excluding hydrogens is 262 g/mol. The first-order valence-corrected chi connectivity index (χ1v) is 7.67. The van der Waals surface area contributed by atoms with Crippen molar-refractivity contribution < 1.29 is 13.2 Å². The highest BCUT2D eigenvalue weighted by molar-refractivity contribution is 7.89. The summed E-state index contributed by atoms with van der Waals surface area (Å²) in [5.74, 6) is 0.675. The molecule has 1 heterocycles. The zero-order chi connectivity index (χ0) is 14.2. The summed E-state index contributed by atoms with van der Waals surface area (Å²) in [6.07, 6.45) is 1.58. The summed E-state index contributed by atoms with van der Waals surface area (Å²) in [5.41, 5.74) is 2.09. The molecule has 19 heavy (non-hydrogen) atoms. The first-order valence-electron chi connectivity index (χ1n) is 6.23. The van der Waals surface area contributed by atoms with Gasteiger partial charge in [-0.3, -0.25) is 4.31 Å². The van der Waals surface area contributed by atoms with Gasteiger partial charge in [0.2, 0.25) is 0 Å². The molecule has 0 saturated carbocycles. The average Bonchev–Trinajstić information content (AvgIpc) is 2.74. The molecule has 0 N–H and O–H groups in total. The number of nitrogens with zero attached hydrogens (tertiary/aromatic N) is 1. The van der Waals surface area contributed by atoms with Crippen LogP contribution in [0, 0.1) is 13.8 Å². The summed E-state index contributed by atoms with van der Waals surface area (Å²) in [4.78, 5) is 0.372. The van der Waals surface area contributed by atoms with E-state index in [1.165, 1.54) is 4.31 Å². The molecule has 2 rings (SSSR count). The van der Waals surface area contributed by atoms with Crippen LogP contribution in [0.5, 0.6) is 5.75 Å². The standard InChI is InChI=1S/C14H19NO3S/c1-10-8-13(18-4)9-11(2)14(10)19(16,17)15-7-5-6-12(15)3/h8-9H,3,5-7H2,1-2,4H3. The summed E-state index contributed by atoms with van der Waals surface area (Å²) in [6.45, 7) is 7.95. The van der Waals surface area contributed by atoms with Crippen LogP contribution in [0.3, 0.4) is 0 Å². The molecule has 0 spiro atoms. The molecule has 5 heteroatoms. The van der Waals surface area contributed by atoms with Gasteiger partial charge in [0.15, 0.2) is 0 Å². The van der Waals surface area contributed by atoms with Gasteiger partial charge in [0.05, 0.1) is 12.0 Å². The summed E-state index contributed by atoms with van der Waals surface area (Å²) in [7, 11) is -1.92. The van der Waals surface area contributed by atoms with Crippen molar-refractivity contribution in [2.45, 2.75) is 31.6 Å². The highest BCUT2D eigenvalue weighted by Crippen LogP contribution is 2.32. The second-order valence-electron chi connectivity index (χ2n) is 4.84. The SMILES string of the molecule is C=C1CCCN1S(=O)(=O)c1c(C)cc(OC)cc1C. The van der Waals surface area contributed by atoms with Crippen LogP contribution in [0.2, 0.25) is 0 Å². The molecule has 0 aliphatic carbocycles. The molecule has 0 radical (unpaired) electrons. The van der Waals surface area contributed by atoms with Crippen molar-refractivity contribution >= 4 is 10.0 Å². The first kappa shape index (κ1) is 13.9. The van der Waals surface area contributed by atoms with Crippen LogP contribution < -0.4 is 4.74 Å². The maximum atomic E-state index is 12.7. The molecule has 0 unspecified atom stereocenters. The third kappa shape index (κ3) is 2.34. The highest BCUT2D eigenvalue weighted by Gasteiger charge is 2.31. The van der Waals surface area contributed by atoms with Gasteiger partial charge in [0.1, 0.15) is 5.75 Å². The second kappa shape index (κ2) is 4.89. The quantitative estimate of drug-likeness (QED) is 0.855. The number of ether oxygens (including phenoxy) is 1. The van der Waals surface area contributed by atoms with Gasteiger partial charge < -0.3 is 4.74 Å². The minimum atomic E-state index is -3.50. The van der Waals surface area contributed by atoms with E-state index in [1.807, 2.05) is 0 Å². The lowest BCUT2D eigenvalue weighted by Crippen LogP contribution is -2.27. The average molecular weight is 281 g/mol. The van der Waals surface area contributed by atoms with E-state index in [0.717, 1.165) is 12.8 Å². The lowest BCUT2D eigenvalue weighted by molar-refractivity contribution is 0.413. The molecule has 1 saturated heterocycles. The zero-order valence-corrected chi connectivity index (χ0v) is 12.4. The van der Waals surface area contributed by atoms with Gasteiger partial charge in [-0.15, -0.1) is 0 Å². The van der Waals surface area contributed by atoms with Crippen molar-refractivity contribution in [2.24, 2.45) is 0 Å². The van der Waals surface area contributed by atoms with Gasteiger partial charge in [-0.2, -0.15) is 0 Å². The fraction of sp³-hybridized carbons (Fsp3) is 0.429. The van der Waals surface area contributed by atoms with Crippen LogP contribution in [-0.4, -0.2) is 26.4 Å². The van der Waals surface area contributed by atoms with E-state index in [1.54, 1.807) is 33.1 Å². The van der Waals surface area contributed by atoms with Gasteiger partial charge in [0.25, 0.3) is 10.0 Å². The molecule has 1 aromatic carbocycles. The normalized spacial score (nSPS) is 15.9. The van der Waals surface area contributed by atoms with Gasteiger partial charge in [-0.1, -0.05) is 6.58 Å². The van der Waals surface area contributed by atoms with Gasteiger partial charge in [-0.05, 0) is 49.9 Å². The van der Waals surface area contributed by atoms with Crippen LogP contribution >= 0.6 is 0 Å². The van der Waals surface area contributed by atoms with Crippen LogP contribution in [0.25, 0.3) is 0 Å². The topological polar surface area (TPSA) is 46.6 Å². The van der Waals surface area contributed by atoms with E-state index in [2.05, 4.69) is 6.58 Å². The van der Waals surface area contributed by atoms with E-state index in [-0.39, 0.29) is 0 Å².